The van der Waals surface area contributed by atoms with Gasteiger partial charge in [-0.15, -0.1) is 0 Å². The van der Waals surface area contributed by atoms with Crippen LogP contribution >= 0.6 is 0 Å². The van der Waals surface area contributed by atoms with Crippen LogP contribution in [0.4, 0.5) is 5.95 Å². The lowest BCUT2D eigenvalue weighted by Crippen LogP contribution is -2.39. The Balaban J connectivity index is 1.80. The predicted octanol–water partition coefficient (Wildman–Crippen LogP) is 1.83. The Labute approximate surface area is 161 Å². The predicted molar refractivity (Wildman–Crippen MR) is 111 cm³/mol. The van der Waals surface area contributed by atoms with Crippen molar-refractivity contribution in [3.8, 4) is 0 Å². The molecule has 8 heteroatoms. The van der Waals surface area contributed by atoms with Gasteiger partial charge < -0.3 is 0 Å². The van der Waals surface area contributed by atoms with Crippen LogP contribution in [0.1, 0.15) is 19.4 Å². The Hall–Kier alpha value is -3.42. The highest BCUT2D eigenvalue weighted by Gasteiger charge is 2.25. The van der Waals surface area contributed by atoms with E-state index >= 15 is 0 Å². The molecule has 1 aromatic carbocycles. The highest BCUT2D eigenvalue weighted by Crippen LogP contribution is 2.23. The van der Waals surface area contributed by atoms with Crippen LogP contribution in [-0.4, -0.2) is 30.9 Å². The first-order valence-electron chi connectivity index (χ1n) is 9.24. The van der Waals surface area contributed by atoms with Gasteiger partial charge in [0.05, 0.1) is 18.8 Å². The van der Waals surface area contributed by atoms with Gasteiger partial charge >= 0.3 is 5.69 Å². The molecule has 0 radical (unpaired) electrons. The first-order chi connectivity index (χ1) is 13.5. The summed E-state index contributed by atoms with van der Waals surface area (Å²) in [6, 6.07) is 10.0. The highest BCUT2D eigenvalue weighted by atomic mass is 16.2. The highest BCUT2D eigenvalue weighted by molar-refractivity contribution is 5.87. The molecule has 28 heavy (non-hydrogen) atoms. The van der Waals surface area contributed by atoms with E-state index in [1.807, 2.05) is 54.0 Å². The number of hydrogen-bond acceptors (Lipinski definition) is 5. The van der Waals surface area contributed by atoms with E-state index < -0.39 is 0 Å². The van der Waals surface area contributed by atoms with Gasteiger partial charge in [0.25, 0.3) is 5.56 Å². The van der Waals surface area contributed by atoms with Crippen LogP contribution in [0.15, 0.2) is 51.1 Å². The smallest absolute Gasteiger partial charge is 0.297 e. The maximum absolute atomic E-state index is 12.9. The van der Waals surface area contributed by atoms with Crippen molar-refractivity contribution in [3.63, 3.8) is 0 Å². The van der Waals surface area contributed by atoms with Crippen molar-refractivity contribution in [1.29, 1.82) is 0 Å². The number of aromatic nitrogens is 4. The number of hydrogen-bond donors (Lipinski definition) is 0. The molecule has 3 heterocycles. The lowest BCUT2D eigenvalue weighted by atomic mass is 10.2. The minimum atomic E-state index is -0.358. The van der Waals surface area contributed by atoms with Crippen LogP contribution in [0.3, 0.4) is 0 Å². The Bertz CT molecular complexity index is 1210. The number of hydrazone groups is 1. The molecule has 3 aromatic rings. The number of aryl methyl sites for hydroxylation is 1. The molecule has 0 atom stereocenters. The molecular formula is C20H22N6O2. The van der Waals surface area contributed by atoms with E-state index in [9.17, 15) is 9.59 Å². The third kappa shape index (κ3) is 2.87. The molecule has 2 aromatic heterocycles. The molecule has 144 valence electrons. The van der Waals surface area contributed by atoms with Gasteiger partial charge in [-0.3, -0.25) is 18.5 Å². The molecule has 0 aliphatic carbocycles. The third-order valence-electron chi connectivity index (χ3n) is 4.83. The van der Waals surface area contributed by atoms with E-state index in [1.165, 1.54) is 9.13 Å². The largest absolute Gasteiger partial charge is 0.332 e. The molecule has 0 unspecified atom stereocenters. The Kier molecular flexibility index (Phi) is 4.46. The van der Waals surface area contributed by atoms with E-state index in [-0.39, 0.29) is 11.2 Å². The van der Waals surface area contributed by atoms with Crippen molar-refractivity contribution in [2.24, 2.45) is 12.1 Å². The minimum Gasteiger partial charge on any atom is -0.297 e. The molecule has 1 aliphatic rings. The Morgan fingerprint density at radius 3 is 2.64 bits per heavy atom. The second kappa shape index (κ2) is 6.95. The molecule has 0 amide bonds. The van der Waals surface area contributed by atoms with Crippen LogP contribution < -0.4 is 16.3 Å². The van der Waals surface area contributed by atoms with Crippen LogP contribution in [0.2, 0.25) is 0 Å². The zero-order valence-corrected chi connectivity index (χ0v) is 16.2. The molecule has 8 nitrogen and oxygen atoms in total. The van der Waals surface area contributed by atoms with E-state index in [4.69, 9.17) is 0 Å². The van der Waals surface area contributed by atoms with Crippen molar-refractivity contribution in [2.45, 2.75) is 26.9 Å². The van der Waals surface area contributed by atoms with Crippen molar-refractivity contribution in [3.05, 3.63) is 62.8 Å². The van der Waals surface area contributed by atoms with E-state index in [0.29, 0.717) is 36.7 Å². The van der Waals surface area contributed by atoms with Gasteiger partial charge in [0.1, 0.15) is 0 Å². The number of nitrogens with zero attached hydrogens (tertiary/aromatic N) is 6. The summed E-state index contributed by atoms with van der Waals surface area (Å²) in [5.41, 5.74) is 2.12. The fourth-order valence-corrected chi connectivity index (χ4v) is 3.47. The Morgan fingerprint density at radius 1 is 1.18 bits per heavy atom. The van der Waals surface area contributed by atoms with Crippen molar-refractivity contribution < 1.29 is 0 Å². The molecule has 1 aliphatic heterocycles. The molecule has 0 bridgehead atoms. The van der Waals surface area contributed by atoms with E-state index in [0.717, 1.165) is 11.3 Å². The summed E-state index contributed by atoms with van der Waals surface area (Å²) in [5.74, 6) is 0.569. The molecular weight excluding hydrogens is 356 g/mol. The van der Waals surface area contributed by atoms with Gasteiger partial charge in [0.2, 0.25) is 5.95 Å². The fraction of sp³-hybridized carbons (Fsp3) is 0.300. The minimum absolute atomic E-state index is 0.311. The van der Waals surface area contributed by atoms with Gasteiger partial charge in [-0.1, -0.05) is 42.5 Å². The van der Waals surface area contributed by atoms with Crippen molar-refractivity contribution >= 4 is 28.9 Å². The Morgan fingerprint density at radius 2 is 1.93 bits per heavy atom. The average Bonchev–Trinajstić information content (AvgIpc) is 3.07. The van der Waals surface area contributed by atoms with Crippen molar-refractivity contribution in [2.75, 3.05) is 11.6 Å². The number of imidazole rings is 1. The zero-order chi connectivity index (χ0) is 19.8. The quantitative estimate of drug-likeness (QED) is 0.694. The second-order valence-electron chi connectivity index (χ2n) is 6.79. The SMILES string of the molecule is CCn1c(=O)c2c(nc3n2CC(C)=NN3C/C=C/c2ccccc2)n(C)c1=O. The summed E-state index contributed by atoms with van der Waals surface area (Å²) < 4.78 is 4.51. The van der Waals surface area contributed by atoms with Crippen LogP contribution in [0.5, 0.6) is 0 Å². The van der Waals surface area contributed by atoms with Crippen LogP contribution in [0.25, 0.3) is 17.2 Å². The zero-order valence-electron chi connectivity index (χ0n) is 16.2. The lowest BCUT2D eigenvalue weighted by Gasteiger charge is -2.23. The number of benzene rings is 1. The lowest BCUT2D eigenvalue weighted by molar-refractivity contribution is 0.634. The first kappa shape index (κ1) is 18.0. The summed E-state index contributed by atoms with van der Waals surface area (Å²) >= 11 is 0. The molecule has 0 N–H and O–H groups in total. The molecule has 0 spiro atoms. The summed E-state index contributed by atoms with van der Waals surface area (Å²) in [5, 5.41) is 6.36. The van der Waals surface area contributed by atoms with Gasteiger partial charge in [-0.25, -0.2) is 9.80 Å². The summed E-state index contributed by atoms with van der Waals surface area (Å²) in [6.07, 6.45) is 4.02. The summed E-state index contributed by atoms with van der Waals surface area (Å²) in [4.78, 5) is 29.9. The summed E-state index contributed by atoms with van der Waals surface area (Å²) in [7, 11) is 1.64. The number of rotatable bonds is 4. The normalized spacial score (nSPS) is 14.0. The topological polar surface area (TPSA) is 77.4 Å². The van der Waals surface area contributed by atoms with Gasteiger partial charge in [-0.2, -0.15) is 10.1 Å². The second-order valence-corrected chi connectivity index (χ2v) is 6.79. The molecule has 0 saturated heterocycles. The standard InChI is InChI=1S/C20H22N6O2/c1-4-24-18(27)16-17(23(3)20(24)28)21-19-25(16)13-14(2)22-26(19)12-8-11-15-9-6-5-7-10-15/h5-11H,4,12-13H2,1-3H3/b11-8+. The van der Waals surface area contributed by atoms with E-state index in [2.05, 4.69) is 10.1 Å². The fourth-order valence-electron chi connectivity index (χ4n) is 3.47. The molecule has 0 saturated carbocycles. The van der Waals surface area contributed by atoms with E-state index in [1.54, 1.807) is 19.0 Å². The maximum atomic E-state index is 12.9. The molecule has 0 fully saturated rings. The third-order valence-corrected chi connectivity index (χ3v) is 4.83. The molecule has 4 rings (SSSR count). The van der Waals surface area contributed by atoms with Gasteiger partial charge in [0, 0.05) is 13.6 Å². The monoisotopic (exact) mass is 378 g/mol. The van der Waals surface area contributed by atoms with Gasteiger partial charge in [0.15, 0.2) is 11.2 Å². The maximum Gasteiger partial charge on any atom is 0.332 e. The van der Waals surface area contributed by atoms with Crippen LogP contribution in [0, 0.1) is 0 Å². The first-order valence-corrected chi connectivity index (χ1v) is 9.24. The average molecular weight is 378 g/mol. The van der Waals surface area contributed by atoms with Gasteiger partial charge in [-0.05, 0) is 19.4 Å². The number of fused-ring (bicyclic) bond motifs is 3. The number of anilines is 1. The van der Waals surface area contributed by atoms with Crippen molar-refractivity contribution in [1.82, 2.24) is 18.7 Å². The summed E-state index contributed by atoms with van der Waals surface area (Å²) in [6.45, 7) is 5.00. The van der Waals surface area contributed by atoms with Crippen LogP contribution in [-0.2, 0) is 20.1 Å².